The predicted molar refractivity (Wildman–Crippen MR) is 60.4 cm³/mol. The van der Waals surface area contributed by atoms with Crippen LogP contribution in [0.1, 0.15) is 0 Å². The van der Waals surface area contributed by atoms with Crippen LogP contribution in [0.5, 0.6) is 0 Å². The Kier molecular flexibility index (Phi) is 2.64. The largest absolute Gasteiger partial charge is 0.319 e. The summed E-state index contributed by atoms with van der Waals surface area (Å²) in [6, 6.07) is 3.37. The van der Waals surface area contributed by atoms with E-state index >= 15 is 0 Å². The van der Waals surface area contributed by atoms with Gasteiger partial charge in [0.25, 0.3) is 5.56 Å². The van der Waals surface area contributed by atoms with Gasteiger partial charge in [0.1, 0.15) is 4.60 Å². The Labute approximate surface area is 94.8 Å². The van der Waals surface area contributed by atoms with Crippen molar-refractivity contribution in [1.82, 2.24) is 14.5 Å². The predicted octanol–water partition coefficient (Wildman–Crippen LogP) is 1.60. The summed E-state index contributed by atoms with van der Waals surface area (Å²) in [5.74, 6) is 0. The number of rotatable bonds is 1. The van der Waals surface area contributed by atoms with Crippen LogP contribution in [0.4, 0.5) is 0 Å². The van der Waals surface area contributed by atoms with Gasteiger partial charge in [0, 0.05) is 24.9 Å². The van der Waals surface area contributed by atoms with Crippen molar-refractivity contribution in [3.05, 3.63) is 45.7 Å². The lowest BCUT2D eigenvalue weighted by atomic mass is 10.2. The molecule has 2 aromatic rings. The minimum atomic E-state index is -0.0581. The van der Waals surface area contributed by atoms with Crippen molar-refractivity contribution >= 4 is 15.9 Å². The molecule has 0 fully saturated rings. The standard InChI is InChI=1S/C10H8BrN3O/c1-14-3-2-7(4-10(14)15)8-5-13-9(11)6-12-8/h2-6H,1H3. The topological polar surface area (TPSA) is 47.8 Å². The SMILES string of the molecule is Cn1ccc(-c2cnc(Br)cn2)cc1=O. The van der Waals surface area contributed by atoms with Gasteiger partial charge >= 0.3 is 0 Å². The molecule has 0 atom stereocenters. The smallest absolute Gasteiger partial charge is 0.250 e. The summed E-state index contributed by atoms with van der Waals surface area (Å²) in [5, 5.41) is 0. The molecule has 76 valence electrons. The molecule has 0 aliphatic heterocycles. The van der Waals surface area contributed by atoms with Gasteiger partial charge in [-0.05, 0) is 22.0 Å². The molecule has 0 aliphatic carbocycles. The van der Waals surface area contributed by atoms with Gasteiger partial charge in [-0.2, -0.15) is 0 Å². The number of halogens is 1. The monoisotopic (exact) mass is 265 g/mol. The van der Waals surface area contributed by atoms with Crippen molar-refractivity contribution < 1.29 is 0 Å². The molecule has 0 spiro atoms. The number of pyridine rings is 1. The number of aromatic nitrogens is 3. The molecule has 15 heavy (non-hydrogen) atoms. The van der Waals surface area contributed by atoms with Crippen LogP contribution in [-0.4, -0.2) is 14.5 Å². The van der Waals surface area contributed by atoms with E-state index in [1.54, 1.807) is 25.6 Å². The lowest BCUT2D eigenvalue weighted by Crippen LogP contribution is -2.14. The molecule has 0 N–H and O–H groups in total. The Bertz CT molecular complexity index is 533. The fourth-order valence-corrected chi connectivity index (χ4v) is 1.37. The molecule has 2 rings (SSSR count). The van der Waals surface area contributed by atoms with Crippen molar-refractivity contribution in [2.24, 2.45) is 7.05 Å². The molecule has 4 nitrogen and oxygen atoms in total. The molecule has 0 amide bonds. The van der Waals surface area contributed by atoms with E-state index in [-0.39, 0.29) is 5.56 Å². The normalized spacial score (nSPS) is 10.3. The highest BCUT2D eigenvalue weighted by molar-refractivity contribution is 9.10. The summed E-state index contributed by atoms with van der Waals surface area (Å²) >= 11 is 3.20. The van der Waals surface area contributed by atoms with E-state index in [9.17, 15) is 4.79 Å². The highest BCUT2D eigenvalue weighted by Crippen LogP contribution is 2.14. The van der Waals surface area contributed by atoms with E-state index in [0.717, 1.165) is 5.56 Å². The Morgan fingerprint density at radius 2 is 2.13 bits per heavy atom. The van der Waals surface area contributed by atoms with Crippen LogP contribution < -0.4 is 5.56 Å². The summed E-state index contributed by atoms with van der Waals surface area (Å²) in [5.41, 5.74) is 1.41. The molecule has 2 aromatic heterocycles. The molecule has 0 aliphatic rings. The lowest BCUT2D eigenvalue weighted by molar-refractivity contribution is 0.861. The zero-order valence-corrected chi connectivity index (χ0v) is 9.60. The summed E-state index contributed by atoms with van der Waals surface area (Å²) in [6.07, 6.45) is 4.94. The van der Waals surface area contributed by atoms with Crippen LogP contribution in [0.15, 0.2) is 40.1 Å². The van der Waals surface area contributed by atoms with E-state index in [4.69, 9.17) is 0 Å². The maximum absolute atomic E-state index is 11.4. The summed E-state index contributed by atoms with van der Waals surface area (Å²) in [4.78, 5) is 19.6. The molecule has 0 aromatic carbocycles. The first kappa shape index (κ1) is 10.0. The second kappa shape index (κ2) is 3.94. The van der Waals surface area contributed by atoms with Gasteiger partial charge in [0.05, 0.1) is 18.1 Å². The van der Waals surface area contributed by atoms with E-state index in [1.165, 1.54) is 10.6 Å². The molecule has 0 unspecified atom stereocenters. The molecule has 5 heteroatoms. The third-order valence-corrected chi connectivity index (χ3v) is 2.43. The first-order valence-corrected chi connectivity index (χ1v) is 5.11. The van der Waals surface area contributed by atoms with Gasteiger partial charge in [-0.15, -0.1) is 0 Å². The third-order valence-electron chi connectivity index (χ3n) is 2.02. The molecule has 0 saturated carbocycles. The highest BCUT2D eigenvalue weighted by atomic mass is 79.9. The van der Waals surface area contributed by atoms with Crippen molar-refractivity contribution in [1.29, 1.82) is 0 Å². The molecular weight excluding hydrogens is 258 g/mol. The first-order chi connectivity index (χ1) is 7.16. The Morgan fingerprint density at radius 1 is 1.33 bits per heavy atom. The van der Waals surface area contributed by atoms with Crippen LogP contribution in [0, 0.1) is 0 Å². The van der Waals surface area contributed by atoms with Crippen molar-refractivity contribution in [2.75, 3.05) is 0 Å². The third kappa shape index (κ3) is 2.12. The van der Waals surface area contributed by atoms with E-state index in [0.29, 0.717) is 10.3 Å². The summed E-state index contributed by atoms with van der Waals surface area (Å²) in [7, 11) is 1.71. The second-order valence-electron chi connectivity index (χ2n) is 3.09. The molecule has 0 radical (unpaired) electrons. The Morgan fingerprint density at radius 3 is 2.73 bits per heavy atom. The van der Waals surface area contributed by atoms with Gasteiger partial charge in [-0.1, -0.05) is 0 Å². The first-order valence-electron chi connectivity index (χ1n) is 4.31. The van der Waals surface area contributed by atoms with Crippen LogP contribution >= 0.6 is 15.9 Å². The Hall–Kier alpha value is -1.49. The number of aryl methyl sites for hydroxylation is 1. The second-order valence-corrected chi connectivity index (χ2v) is 3.90. The summed E-state index contributed by atoms with van der Waals surface area (Å²) in [6.45, 7) is 0. The van der Waals surface area contributed by atoms with Crippen LogP contribution in [0.3, 0.4) is 0 Å². The van der Waals surface area contributed by atoms with E-state index < -0.39 is 0 Å². The quantitative estimate of drug-likeness (QED) is 0.787. The Balaban J connectivity index is 2.50. The minimum absolute atomic E-state index is 0.0581. The number of hydrogen-bond acceptors (Lipinski definition) is 3. The average Bonchev–Trinajstić information content (AvgIpc) is 2.23. The van der Waals surface area contributed by atoms with Gasteiger partial charge < -0.3 is 4.57 Å². The summed E-state index contributed by atoms with van der Waals surface area (Å²) < 4.78 is 2.19. The number of nitrogens with zero attached hydrogens (tertiary/aromatic N) is 3. The highest BCUT2D eigenvalue weighted by Gasteiger charge is 2.01. The fourth-order valence-electron chi connectivity index (χ4n) is 1.17. The van der Waals surface area contributed by atoms with Crippen molar-refractivity contribution in [2.45, 2.75) is 0 Å². The zero-order valence-electron chi connectivity index (χ0n) is 8.01. The van der Waals surface area contributed by atoms with Crippen LogP contribution in [-0.2, 0) is 7.05 Å². The van der Waals surface area contributed by atoms with Crippen molar-refractivity contribution in [3.63, 3.8) is 0 Å². The van der Waals surface area contributed by atoms with E-state index in [2.05, 4.69) is 25.9 Å². The van der Waals surface area contributed by atoms with E-state index in [1.807, 2.05) is 6.07 Å². The zero-order chi connectivity index (χ0) is 10.8. The minimum Gasteiger partial charge on any atom is -0.319 e. The molecule has 0 saturated heterocycles. The van der Waals surface area contributed by atoms with Crippen molar-refractivity contribution in [3.8, 4) is 11.3 Å². The lowest BCUT2D eigenvalue weighted by Gasteiger charge is -2.01. The number of hydrogen-bond donors (Lipinski definition) is 0. The maximum atomic E-state index is 11.4. The maximum Gasteiger partial charge on any atom is 0.250 e. The van der Waals surface area contributed by atoms with Crippen LogP contribution in [0.2, 0.25) is 0 Å². The van der Waals surface area contributed by atoms with Gasteiger partial charge in [0.2, 0.25) is 0 Å². The van der Waals surface area contributed by atoms with Crippen LogP contribution in [0.25, 0.3) is 11.3 Å². The average molecular weight is 266 g/mol. The van der Waals surface area contributed by atoms with Gasteiger partial charge in [0.15, 0.2) is 0 Å². The molecular formula is C10H8BrN3O. The fraction of sp³-hybridized carbons (Fsp3) is 0.100. The van der Waals surface area contributed by atoms with Gasteiger partial charge in [-0.3, -0.25) is 9.78 Å². The molecule has 2 heterocycles. The van der Waals surface area contributed by atoms with Gasteiger partial charge in [-0.25, -0.2) is 4.98 Å². The molecule has 0 bridgehead atoms.